The number of nitrogens with one attached hydrogen (secondary N) is 1. The van der Waals surface area contributed by atoms with Crippen molar-refractivity contribution in [3.63, 3.8) is 0 Å². The fourth-order valence-corrected chi connectivity index (χ4v) is 5.55. The zero-order chi connectivity index (χ0) is 25.1. The van der Waals surface area contributed by atoms with E-state index in [0.29, 0.717) is 38.9 Å². The Bertz CT molecular complexity index is 1510. The number of ether oxygens (including phenoxy) is 2. The van der Waals surface area contributed by atoms with E-state index in [-0.39, 0.29) is 5.91 Å². The van der Waals surface area contributed by atoms with E-state index >= 15 is 0 Å². The van der Waals surface area contributed by atoms with Crippen LogP contribution in [0.3, 0.4) is 0 Å². The van der Waals surface area contributed by atoms with Crippen LogP contribution in [0.25, 0.3) is 16.8 Å². The number of halogens is 2. The molecule has 4 aromatic carbocycles. The summed E-state index contributed by atoms with van der Waals surface area (Å²) < 4.78 is 12.8. The molecule has 0 radical (unpaired) electrons. The smallest absolute Gasteiger partial charge is 0.264 e. The average molecular weight is 627 g/mol. The quantitative estimate of drug-likeness (QED) is 0.177. The molecule has 1 aliphatic heterocycles. The third kappa shape index (κ3) is 5.53. The maximum Gasteiger partial charge on any atom is 0.264 e. The van der Waals surface area contributed by atoms with Crippen molar-refractivity contribution in [1.29, 1.82) is 0 Å². The molecule has 36 heavy (non-hydrogen) atoms. The number of benzene rings is 4. The molecule has 0 saturated carbocycles. The fourth-order valence-electron chi connectivity index (χ4n) is 3.80. The second-order valence-corrected chi connectivity index (χ2v) is 10.5. The van der Waals surface area contributed by atoms with Gasteiger partial charge in [0.1, 0.15) is 6.61 Å². The maximum absolute atomic E-state index is 12.5. The van der Waals surface area contributed by atoms with Gasteiger partial charge in [-0.1, -0.05) is 54.1 Å². The van der Waals surface area contributed by atoms with Gasteiger partial charge in [0.2, 0.25) is 0 Å². The molecule has 0 bridgehead atoms. The van der Waals surface area contributed by atoms with Crippen LogP contribution in [0.4, 0.5) is 5.69 Å². The Labute approximate surface area is 231 Å². The standard InChI is InChI=1S/C28H20ClIN2O3S/c1-34-24-14-17(15-25-27(33)32-28(36-25)31-21-11-9-20(29)10-12-21)13-23(30)26(24)35-16-19-7-4-6-18-5-2-3-8-22(18)19/h2-15H,16H2,1H3,(H,31,32,33)/b25-15+. The molecule has 1 saturated heterocycles. The van der Waals surface area contributed by atoms with Crippen LogP contribution < -0.4 is 14.8 Å². The van der Waals surface area contributed by atoms with Gasteiger partial charge in [0.05, 0.1) is 21.3 Å². The monoisotopic (exact) mass is 626 g/mol. The first-order valence-corrected chi connectivity index (χ1v) is 13.3. The normalized spacial score (nSPS) is 15.5. The maximum atomic E-state index is 12.5. The van der Waals surface area contributed by atoms with Crippen LogP contribution in [0, 0.1) is 3.57 Å². The van der Waals surface area contributed by atoms with E-state index in [4.69, 9.17) is 21.1 Å². The first-order valence-electron chi connectivity index (χ1n) is 11.0. The number of fused-ring (bicyclic) bond motifs is 1. The first-order chi connectivity index (χ1) is 17.5. The lowest BCUT2D eigenvalue weighted by molar-refractivity contribution is -0.115. The van der Waals surface area contributed by atoms with E-state index in [0.717, 1.165) is 20.1 Å². The minimum atomic E-state index is -0.196. The highest BCUT2D eigenvalue weighted by atomic mass is 127. The largest absolute Gasteiger partial charge is 0.493 e. The van der Waals surface area contributed by atoms with Crippen LogP contribution >= 0.6 is 46.0 Å². The lowest BCUT2D eigenvalue weighted by atomic mass is 10.1. The van der Waals surface area contributed by atoms with Crippen molar-refractivity contribution in [1.82, 2.24) is 5.32 Å². The zero-order valence-electron chi connectivity index (χ0n) is 19.1. The second kappa shape index (κ2) is 10.9. The number of carbonyl (C=O) groups is 1. The number of aliphatic imine (C=N–C) groups is 1. The molecule has 5 rings (SSSR count). The minimum Gasteiger partial charge on any atom is -0.493 e. The summed E-state index contributed by atoms with van der Waals surface area (Å²) in [6.07, 6.45) is 1.82. The van der Waals surface area contributed by atoms with Crippen LogP contribution in [0.2, 0.25) is 5.02 Å². The number of methoxy groups -OCH3 is 1. The first kappa shape index (κ1) is 24.7. The summed E-state index contributed by atoms with van der Waals surface area (Å²) >= 11 is 9.46. The van der Waals surface area contributed by atoms with Crippen LogP contribution in [-0.2, 0) is 11.4 Å². The van der Waals surface area contributed by atoms with Crippen molar-refractivity contribution < 1.29 is 14.3 Å². The Hall–Kier alpha value is -3.01. The molecule has 0 aromatic heterocycles. The molecule has 0 unspecified atom stereocenters. The molecule has 1 fully saturated rings. The second-order valence-electron chi connectivity index (χ2n) is 7.92. The number of hydrogen-bond donors (Lipinski definition) is 1. The van der Waals surface area contributed by atoms with E-state index in [1.165, 1.54) is 17.1 Å². The zero-order valence-corrected chi connectivity index (χ0v) is 22.9. The van der Waals surface area contributed by atoms with Gasteiger partial charge in [-0.2, -0.15) is 0 Å². The van der Waals surface area contributed by atoms with Gasteiger partial charge in [-0.05, 0) is 98.7 Å². The summed E-state index contributed by atoms with van der Waals surface area (Å²) in [6, 6.07) is 25.4. The third-order valence-electron chi connectivity index (χ3n) is 5.51. The van der Waals surface area contributed by atoms with Gasteiger partial charge in [-0.3, -0.25) is 4.79 Å². The molecule has 0 atom stereocenters. The number of carbonyl (C=O) groups excluding carboxylic acids is 1. The molecule has 0 aliphatic carbocycles. The minimum absolute atomic E-state index is 0.196. The van der Waals surface area contributed by atoms with Gasteiger partial charge in [-0.15, -0.1) is 0 Å². The van der Waals surface area contributed by atoms with Crippen molar-refractivity contribution in [2.75, 3.05) is 7.11 Å². The Morgan fingerprint density at radius 3 is 2.64 bits per heavy atom. The van der Waals surface area contributed by atoms with E-state index in [9.17, 15) is 4.79 Å². The predicted molar refractivity (Wildman–Crippen MR) is 156 cm³/mol. The molecule has 1 heterocycles. The highest BCUT2D eigenvalue weighted by Crippen LogP contribution is 2.37. The average Bonchev–Trinajstić information content (AvgIpc) is 3.22. The summed E-state index contributed by atoms with van der Waals surface area (Å²) in [5.41, 5.74) is 2.65. The lowest BCUT2D eigenvalue weighted by Crippen LogP contribution is -2.19. The molecule has 1 aliphatic rings. The Kier molecular flexibility index (Phi) is 7.50. The lowest BCUT2D eigenvalue weighted by Gasteiger charge is -2.15. The van der Waals surface area contributed by atoms with Gasteiger partial charge in [0.25, 0.3) is 5.91 Å². The summed E-state index contributed by atoms with van der Waals surface area (Å²) in [4.78, 5) is 17.6. The molecule has 8 heteroatoms. The predicted octanol–water partition coefficient (Wildman–Crippen LogP) is 7.58. The summed E-state index contributed by atoms with van der Waals surface area (Å²) in [5, 5.41) is 6.30. The summed E-state index contributed by atoms with van der Waals surface area (Å²) in [6.45, 7) is 0.414. The highest BCUT2D eigenvalue weighted by Gasteiger charge is 2.24. The van der Waals surface area contributed by atoms with Crippen molar-refractivity contribution in [2.45, 2.75) is 6.61 Å². The Morgan fingerprint density at radius 1 is 1.06 bits per heavy atom. The fraction of sp³-hybridized carbons (Fsp3) is 0.0714. The molecule has 1 amide bonds. The van der Waals surface area contributed by atoms with Crippen molar-refractivity contribution in [3.8, 4) is 11.5 Å². The van der Waals surface area contributed by atoms with Gasteiger partial charge >= 0.3 is 0 Å². The van der Waals surface area contributed by atoms with Crippen molar-refractivity contribution >= 4 is 79.6 Å². The van der Waals surface area contributed by atoms with Gasteiger partial charge < -0.3 is 14.8 Å². The summed E-state index contributed by atoms with van der Waals surface area (Å²) in [7, 11) is 1.61. The highest BCUT2D eigenvalue weighted by molar-refractivity contribution is 14.1. The number of rotatable bonds is 6. The third-order valence-corrected chi connectivity index (χ3v) is 7.47. The van der Waals surface area contributed by atoms with Crippen LogP contribution in [0.1, 0.15) is 11.1 Å². The Morgan fingerprint density at radius 2 is 1.83 bits per heavy atom. The molecular formula is C28H20ClIN2O3S. The summed E-state index contributed by atoms with van der Waals surface area (Å²) in [5.74, 6) is 1.08. The Balaban J connectivity index is 1.36. The molecule has 1 N–H and O–H groups in total. The molecule has 0 spiro atoms. The van der Waals surface area contributed by atoms with Crippen molar-refractivity contribution in [2.24, 2.45) is 4.99 Å². The number of thioether (sulfide) groups is 1. The molecule has 180 valence electrons. The van der Waals surface area contributed by atoms with Crippen LogP contribution in [0.15, 0.2) is 88.8 Å². The van der Waals surface area contributed by atoms with E-state index < -0.39 is 0 Å². The van der Waals surface area contributed by atoms with Gasteiger partial charge in [0.15, 0.2) is 16.7 Å². The van der Waals surface area contributed by atoms with Crippen molar-refractivity contribution in [3.05, 3.63) is 103 Å². The van der Waals surface area contributed by atoms with Gasteiger partial charge in [-0.25, -0.2) is 4.99 Å². The van der Waals surface area contributed by atoms with E-state index in [2.05, 4.69) is 57.2 Å². The molecule has 4 aromatic rings. The topological polar surface area (TPSA) is 59.9 Å². The van der Waals surface area contributed by atoms with E-state index in [1.54, 1.807) is 31.4 Å². The number of amides is 1. The van der Waals surface area contributed by atoms with Crippen LogP contribution in [-0.4, -0.2) is 18.2 Å². The number of amidine groups is 1. The van der Waals surface area contributed by atoms with Gasteiger partial charge in [0, 0.05) is 5.02 Å². The number of hydrogen-bond acceptors (Lipinski definition) is 5. The number of nitrogens with zero attached hydrogens (tertiary/aromatic N) is 1. The van der Waals surface area contributed by atoms with E-state index in [1.807, 2.05) is 36.4 Å². The SMILES string of the molecule is COc1cc(/C=C2/SC(=Nc3ccc(Cl)cc3)NC2=O)cc(I)c1OCc1cccc2ccccc12. The molecule has 5 nitrogen and oxygen atoms in total. The van der Waals surface area contributed by atoms with Crippen LogP contribution in [0.5, 0.6) is 11.5 Å². The molecular weight excluding hydrogens is 607 g/mol.